The molecule has 0 unspecified atom stereocenters. The molecular formula is C6H10ClNO2. The second-order valence-corrected chi connectivity index (χ2v) is 2.18. The molecule has 0 aliphatic carbocycles. The van der Waals surface area contributed by atoms with Crippen LogP contribution < -0.4 is 5.73 Å². The van der Waals surface area contributed by atoms with Crippen LogP contribution in [0.3, 0.4) is 0 Å². The number of nitrogens with two attached hydrogens (primary N) is 1. The Bertz CT molecular complexity index is 120. The number of Topliss-reactive ketones (excluding diaryl/α,β-unsaturated/α-hetero) is 2. The third-order valence-electron chi connectivity index (χ3n) is 1.06. The maximum atomic E-state index is 10.5. The summed E-state index contributed by atoms with van der Waals surface area (Å²) < 4.78 is 0. The Balaban J connectivity index is 3.35. The Morgan fingerprint density at radius 1 is 1.20 bits per heavy atom. The summed E-state index contributed by atoms with van der Waals surface area (Å²) >= 11 is 5.19. The van der Waals surface area contributed by atoms with E-state index in [-0.39, 0.29) is 36.8 Å². The van der Waals surface area contributed by atoms with Crippen LogP contribution in [0, 0.1) is 0 Å². The van der Waals surface area contributed by atoms with Crippen molar-refractivity contribution in [2.24, 2.45) is 5.73 Å². The number of halogens is 1. The Morgan fingerprint density at radius 2 is 1.70 bits per heavy atom. The summed E-state index contributed by atoms with van der Waals surface area (Å²) in [6.07, 6.45) is 0.446. The fraction of sp³-hybridized carbons (Fsp3) is 0.667. The summed E-state index contributed by atoms with van der Waals surface area (Å²) in [4.78, 5) is 21.0. The van der Waals surface area contributed by atoms with Gasteiger partial charge in [0.25, 0.3) is 0 Å². The molecule has 0 aromatic heterocycles. The van der Waals surface area contributed by atoms with Crippen molar-refractivity contribution in [3.05, 3.63) is 0 Å². The Morgan fingerprint density at radius 3 is 2.10 bits per heavy atom. The van der Waals surface area contributed by atoms with Crippen molar-refractivity contribution in [1.29, 1.82) is 0 Å². The molecule has 0 amide bonds. The van der Waals surface area contributed by atoms with E-state index in [0.29, 0.717) is 0 Å². The molecule has 0 aliphatic rings. The molecule has 0 aliphatic heterocycles. The average molecular weight is 164 g/mol. The van der Waals surface area contributed by atoms with Gasteiger partial charge in [0.15, 0.2) is 0 Å². The molecule has 0 atom stereocenters. The van der Waals surface area contributed by atoms with Gasteiger partial charge in [-0.1, -0.05) is 0 Å². The highest BCUT2D eigenvalue weighted by molar-refractivity contribution is 6.27. The average Bonchev–Trinajstić information content (AvgIpc) is 1.99. The number of hydrogen-bond donors (Lipinski definition) is 1. The molecule has 0 radical (unpaired) electrons. The minimum Gasteiger partial charge on any atom is -0.324 e. The van der Waals surface area contributed by atoms with Crippen LogP contribution in [0.2, 0.25) is 0 Å². The van der Waals surface area contributed by atoms with Gasteiger partial charge in [-0.05, 0) is 0 Å². The van der Waals surface area contributed by atoms with Gasteiger partial charge < -0.3 is 5.73 Å². The normalized spacial score (nSPS) is 9.40. The highest BCUT2D eigenvalue weighted by atomic mass is 35.5. The first-order valence-electron chi connectivity index (χ1n) is 3.00. The van der Waals surface area contributed by atoms with Crippen LogP contribution in [-0.2, 0) is 9.59 Å². The van der Waals surface area contributed by atoms with E-state index in [1.54, 1.807) is 0 Å². The van der Waals surface area contributed by atoms with Gasteiger partial charge in [0.1, 0.15) is 11.6 Å². The van der Waals surface area contributed by atoms with E-state index in [4.69, 9.17) is 17.3 Å². The number of hydrogen-bond acceptors (Lipinski definition) is 3. The minimum atomic E-state index is -0.108. The van der Waals surface area contributed by atoms with Crippen LogP contribution in [0.1, 0.15) is 12.8 Å². The lowest BCUT2D eigenvalue weighted by Crippen LogP contribution is -2.14. The fourth-order valence-electron chi connectivity index (χ4n) is 0.448. The van der Waals surface area contributed by atoms with Gasteiger partial charge in [0.05, 0.1) is 12.4 Å². The highest BCUT2D eigenvalue weighted by Gasteiger charge is 2.03. The summed E-state index contributed by atoms with van der Waals surface area (Å²) in [5.74, 6) is -0.223. The van der Waals surface area contributed by atoms with E-state index >= 15 is 0 Å². The zero-order chi connectivity index (χ0) is 7.98. The van der Waals surface area contributed by atoms with E-state index in [1.165, 1.54) is 0 Å². The molecule has 4 heteroatoms. The van der Waals surface area contributed by atoms with E-state index in [2.05, 4.69) is 0 Å². The summed E-state index contributed by atoms with van der Waals surface area (Å²) in [6, 6.07) is 0. The molecular weight excluding hydrogens is 154 g/mol. The van der Waals surface area contributed by atoms with Gasteiger partial charge in [-0.3, -0.25) is 9.59 Å². The molecule has 0 aromatic rings. The van der Waals surface area contributed by atoms with E-state index in [1.807, 2.05) is 0 Å². The van der Waals surface area contributed by atoms with Crippen molar-refractivity contribution in [3.8, 4) is 0 Å². The Hall–Kier alpha value is -0.410. The lowest BCUT2D eigenvalue weighted by molar-refractivity contribution is -0.122. The predicted octanol–water partition coefficient (Wildman–Crippen LogP) is 0.102. The van der Waals surface area contributed by atoms with E-state index < -0.39 is 0 Å². The first-order valence-corrected chi connectivity index (χ1v) is 3.53. The summed E-state index contributed by atoms with van der Waals surface area (Å²) in [5.41, 5.74) is 5.01. The van der Waals surface area contributed by atoms with Gasteiger partial charge in [0, 0.05) is 12.8 Å². The zero-order valence-corrected chi connectivity index (χ0v) is 6.36. The second-order valence-electron chi connectivity index (χ2n) is 1.92. The lowest BCUT2D eigenvalue weighted by Gasteiger charge is -1.93. The maximum absolute atomic E-state index is 10.5. The molecule has 2 N–H and O–H groups in total. The summed E-state index contributed by atoms with van der Waals surface area (Å²) in [5, 5.41) is 0. The number of ketones is 2. The maximum Gasteiger partial charge on any atom is 0.148 e. The molecule has 0 aromatic carbocycles. The molecule has 0 saturated carbocycles. The largest absolute Gasteiger partial charge is 0.324 e. The summed E-state index contributed by atoms with van der Waals surface area (Å²) in [7, 11) is 0. The van der Waals surface area contributed by atoms with Crippen LogP contribution in [0.15, 0.2) is 0 Å². The third kappa shape index (κ3) is 4.47. The predicted molar refractivity (Wildman–Crippen MR) is 39.0 cm³/mol. The van der Waals surface area contributed by atoms with Crippen LogP contribution in [-0.4, -0.2) is 24.0 Å². The number of rotatable bonds is 5. The van der Waals surface area contributed by atoms with Crippen LogP contribution in [0.5, 0.6) is 0 Å². The van der Waals surface area contributed by atoms with Gasteiger partial charge in [0.2, 0.25) is 0 Å². The summed E-state index contributed by atoms with van der Waals surface area (Å²) in [6.45, 7) is 0.00949. The lowest BCUT2D eigenvalue weighted by atomic mass is 10.2. The standard InChI is InChI=1S/C6H10ClNO2/c7-3-5(9)1-2-6(10)4-8/h1-4,8H2. The van der Waals surface area contributed by atoms with Crippen LogP contribution >= 0.6 is 11.6 Å². The van der Waals surface area contributed by atoms with Crippen molar-refractivity contribution in [2.45, 2.75) is 12.8 Å². The first-order chi connectivity index (χ1) is 4.70. The highest BCUT2D eigenvalue weighted by Crippen LogP contribution is 1.93. The van der Waals surface area contributed by atoms with Crippen molar-refractivity contribution >= 4 is 23.2 Å². The van der Waals surface area contributed by atoms with Crippen LogP contribution in [0.4, 0.5) is 0 Å². The van der Waals surface area contributed by atoms with Crippen molar-refractivity contribution < 1.29 is 9.59 Å². The SMILES string of the molecule is NCC(=O)CCC(=O)CCl. The molecule has 0 fully saturated rings. The number of carbonyl (C=O) groups is 2. The quantitative estimate of drug-likeness (QED) is 0.585. The second kappa shape index (κ2) is 5.38. The topological polar surface area (TPSA) is 60.2 Å². The first kappa shape index (κ1) is 9.59. The number of carbonyl (C=O) groups excluding carboxylic acids is 2. The molecule has 0 heterocycles. The van der Waals surface area contributed by atoms with Crippen LogP contribution in [0.25, 0.3) is 0 Å². The van der Waals surface area contributed by atoms with Gasteiger partial charge in [-0.15, -0.1) is 11.6 Å². The van der Waals surface area contributed by atoms with E-state index in [9.17, 15) is 9.59 Å². The third-order valence-corrected chi connectivity index (χ3v) is 1.36. The molecule has 0 spiro atoms. The monoisotopic (exact) mass is 163 g/mol. The van der Waals surface area contributed by atoms with E-state index in [0.717, 1.165) is 0 Å². The molecule has 10 heavy (non-hydrogen) atoms. The van der Waals surface area contributed by atoms with Gasteiger partial charge >= 0.3 is 0 Å². The minimum absolute atomic E-state index is 0.00949. The molecule has 3 nitrogen and oxygen atoms in total. The Kier molecular flexibility index (Phi) is 5.16. The molecule has 58 valence electrons. The van der Waals surface area contributed by atoms with Crippen molar-refractivity contribution in [3.63, 3.8) is 0 Å². The molecule has 0 saturated heterocycles. The number of alkyl halides is 1. The Labute approximate surface area is 64.5 Å². The zero-order valence-electron chi connectivity index (χ0n) is 5.60. The molecule has 0 rings (SSSR count). The smallest absolute Gasteiger partial charge is 0.148 e. The van der Waals surface area contributed by atoms with Crippen molar-refractivity contribution in [2.75, 3.05) is 12.4 Å². The van der Waals surface area contributed by atoms with Gasteiger partial charge in [-0.2, -0.15) is 0 Å². The fourth-order valence-corrected chi connectivity index (χ4v) is 0.581. The molecule has 0 bridgehead atoms. The van der Waals surface area contributed by atoms with Gasteiger partial charge in [-0.25, -0.2) is 0 Å². The van der Waals surface area contributed by atoms with Crippen molar-refractivity contribution in [1.82, 2.24) is 0 Å².